The van der Waals surface area contributed by atoms with Crippen molar-refractivity contribution in [3.05, 3.63) is 46.0 Å². The van der Waals surface area contributed by atoms with Crippen LogP contribution in [0.3, 0.4) is 0 Å². The number of carbonyl (C=O) groups excluding carboxylic acids is 1. The van der Waals surface area contributed by atoms with Gasteiger partial charge in [-0.3, -0.25) is 51.7 Å². The summed E-state index contributed by atoms with van der Waals surface area (Å²) in [5.41, 5.74) is 15.5. The molecule has 0 radical (unpaired) electrons. The molecule has 44 heteroatoms. The van der Waals surface area contributed by atoms with Crippen LogP contribution in [0.15, 0.2) is 34.9 Å². The third-order valence-corrected chi connectivity index (χ3v) is 17.7. The summed E-state index contributed by atoms with van der Waals surface area (Å²) in [6.07, 6.45) is -14.3. The van der Waals surface area contributed by atoms with Crippen molar-refractivity contribution in [1.82, 2.24) is 58.9 Å². The zero-order chi connectivity index (χ0) is 57.3. The van der Waals surface area contributed by atoms with Crippen molar-refractivity contribution >= 4 is 88.4 Å². The smallest absolute Gasteiger partial charge is 0.490 e. The van der Waals surface area contributed by atoms with Gasteiger partial charge in [-0.25, -0.2) is 38.2 Å². The lowest BCUT2D eigenvalue weighted by Crippen LogP contribution is -2.45. The van der Waals surface area contributed by atoms with Gasteiger partial charge in [0.2, 0.25) is 23.6 Å². The number of nitrogens with one attached hydrogen (secondary N) is 3. The molecule has 0 bridgehead atoms. The Morgan fingerprint density at radius 1 is 0.772 bits per heavy atom. The van der Waals surface area contributed by atoms with Crippen LogP contribution in [-0.2, 0) is 75.8 Å². The molecule has 0 aromatic carbocycles. The number of anilines is 3. The summed E-state index contributed by atoms with van der Waals surface area (Å²) in [6.45, 7) is -3.42. The van der Waals surface area contributed by atoms with E-state index in [0.717, 1.165) is 30.7 Å². The lowest BCUT2D eigenvalue weighted by Gasteiger charge is -2.31. The number of amides is 1. The number of ether oxygens (including phenoxy) is 4. The number of methoxy groups -OCH3 is 1. The monoisotopic (exact) mass is 1200 g/mol. The number of aliphatic hydroxyl groups is 3. The van der Waals surface area contributed by atoms with Crippen LogP contribution in [0, 0.1) is 5.92 Å². The van der Waals surface area contributed by atoms with Crippen molar-refractivity contribution in [1.29, 1.82) is 0 Å². The SMILES string of the molecule is CNC(=O)C[C@H]1[C@@H](O)[C@@H]([n+]2cn(C)c3c(=O)[nH]c(N)nc32)O[C@@H]1COP(=O)(O)OP(=O)(O)OP(=O)(O)OC[C@H]1O[C@@H](n2cnc3c(N)ncnc32)[C@H](OC)[C@@H]1OP(=O)([O-])OC[C@H]1O[C@@H](n2cnc3c(=O)[nH]c(N)nc32)[C@H](O)[C@@H]1O. The zero-order valence-corrected chi connectivity index (χ0v) is 44.2. The molecule has 0 aliphatic carbocycles. The fraction of sp³-hybridized carbons (Fsp3) is 0.543. The van der Waals surface area contributed by atoms with Crippen molar-refractivity contribution in [2.45, 2.75) is 73.9 Å². The van der Waals surface area contributed by atoms with Crippen molar-refractivity contribution in [3.63, 3.8) is 0 Å². The number of aliphatic hydroxyl groups excluding tert-OH is 3. The number of rotatable bonds is 21. The summed E-state index contributed by atoms with van der Waals surface area (Å²) >= 11 is 0. The lowest BCUT2D eigenvalue weighted by molar-refractivity contribution is -0.745. The second-order valence-electron chi connectivity index (χ2n) is 17.5. The van der Waals surface area contributed by atoms with E-state index in [1.54, 1.807) is 0 Å². The maximum absolute atomic E-state index is 13.6. The first-order chi connectivity index (χ1) is 37.1. The zero-order valence-electron chi connectivity index (χ0n) is 40.6. The van der Waals surface area contributed by atoms with Gasteiger partial charge in [0.15, 0.2) is 41.4 Å². The molecule has 0 spiro atoms. The Kier molecular flexibility index (Phi) is 16.2. The van der Waals surface area contributed by atoms with E-state index in [9.17, 15) is 67.5 Å². The average Bonchev–Trinajstić information content (AvgIpc) is 4.31. The van der Waals surface area contributed by atoms with Crippen LogP contribution in [0.2, 0.25) is 0 Å². The Labute approximate surface area is 438 Å². The maximum Gasteiger partial charge on any atom is 0.490 e. The highest BCUT2D eigenvalue weighted by molar-refractivity contribution is 7.66. The molecule has 6 aromatic rings. The van der Waals surface area contributed by atoms with Crippen molar-refractivity contribution in [2.24, 2.45) is 13.0 Å². The first kappa shape index (κ1) is 58.0. The van der Waals surface area contributed by atoms with Crippen LogP contribution in [0.5, 0.6) is 0 Å². The van der Waals surface area contributed by atoms with E-state index in [-0.39, 0.29) is 51.2 Å². The van der Waals surface area contributed by atoms with Crippen LogP contribution >= 0.6 is 31.3 Å². The largest absolute Gasteiger partial charge is 0.756 e. The summed E-state index contributed by atoms with van der Waals surface area (Å²) in [4.78, 5) is 111. The van der Waals surface area contributed by atoms with E-state index in [4.69, 9.17) is 54.2 Å². The fourth-order valence-corrected chi connectivity index (χ4v) is 13.4. The molecule has 6 aromatic heterocycles. The molecule has 40 nitrogen and oxygen atoms in total. The topological polar surface area (TPSA) is 574 Å². The number of H-pyrrole nitrogens is 2. The molecule has 9 rings (SSSR count). The van der Waals surface area contributed by atoms with E-state index in [0.29, 0.717) is 0 Å². The standard InChI is InChI=1S/C35H48N16O24P4/c1-39-16(52)4-12-13(70-31(20(12)53)51-11-48(2)19-28(51)45-35(38)47-30(19)57)5-68-77(60,61)74-79(64,65)75-78(62,63)69-7-15-23(24(66-3)33(72-15)49-9-42-17-25(36)40-8-41-26(17)49)73-76(58,59)67-6-14-21(54)22(55)32(71-14)50-10-43-18-27(50)44-34(37)46-29(18)56/h8-15,20-24,31-33,53-55H,4-7H2,1-3H3,(H12-,36,37,38,39,40,41,44,45,46,47,52,56,57,58,59,60,61,62,63,64,65)/t12-,13-,14-,15-,20-,21-,22-,23-,24-,31+,32-,33-/m1/s1. The number of nitrogens with zero attached hydrogens (tertiary/aromatic N) is 10. The molecule has 3 fully saturated rings. The second kappa shape index (κ2) is 22.0. The number of hydrogen-bond donors (Lipinski definition) is 12. The fourth-order valence-electron chi connectivity index (χ4n) is 8.94. The quantitative estimate of drug-likeness (QED) is 0.0237. The van der Waals surface area contributed by atoms with Gasteiger partial charge in [0.25, 0.3) is 24.9 Å². The Bertz CT molecular complexity index is 3620. The number of aromatic amines is 2. The lowest BCUT2D eigenvalue weighted by atomic mass is 9.94. The number of aryl methyl sites for hydroxylation is 1. The number of phosphoric ester groups is 3. The molecule has 79 heavy (non-hydrogen) atoms. The van der Waals surface area contributed by atoms with Crippen LogP contribution in [0.4, 0.5) is 17.7 Å². The van der Waals surface area contributed by atoms with Crippen molar-refractivity contribution < 1.29 is 108 Å². The average molecular weight is 1200 g/mol. The summed E-state index contributed by atoms with van der Waals surface area (Å²) in [5, 5.41) is 35.5. The first-order valence-electron chi connectivity index (χ1n) is 22.6. The molecule has 432 valence electrons. The number of carbonyl (C=O) groups is 1. The summed E-state index contributed by atoms with van der Waals surface area (Å²) < 4.78 is 110. The maximum atomic E-state index is 13.6. The minimum atomic E-state index is -6.24. The van der Waals surface area contributed by atoms with Gasteiger partial charge in [0.1, 0.15) is 54.6 Å². The van der Waals surface area contributed by atoms with Gasteiger partial charge < -0.3 is 85.4 Å². The minimum Gasteiger partial charge on any atom is -0.756 e. The third kappa shape index (κ3) is 11.9. The van der Waals surface area contributed by atoms with Gasteiger partial charge in [-0.1, -0.05) is 4.98 Å². The molecule has 15 N–H and O–H groups in total. The minimum absolute atomic E-state index is 0.0119. The molecule has 1 amide bonds. The highest BCUT2D eigenvalue weighted by atomic mass is 31.3. The van der Waals surface area contributed by atoms with Crippen molar-refractivity contribution in [3.8, 4) is 0 Å². The van der Waals surface area contributed by atoms with Crippen LogP contribution in [-0.4, -0.2) is 172 Å². The summed E-state index contributed by atoms with van der Waals surface area (Å²) in [5.74, 6) is -2.63. The van der Waals surface area contributed by atoms with Gasteiger partial charge in [0, 0.05) is 26.5 Å². The van der Waals surface area contributed by atoms with E-state index in [1.807, 2.05) is 0 Å². The molecule has 9 heterocycles. The summed E-state index contributed by atoms with van der Waals surface area (Å²) in [7, 11) is -20.0. The second-order valence-corrected chi connectivity index (χ2v) is 23.5. The number of nitrogen functional groups attached to an aromatic ring is 3. The molecule has 3 aliphatic heterocycles. The summed E-state index contributed by atoms with van der Waals surface area (Å²) in [6, 6.07) is 0. The molecule has 0 saturated carbocycles. The van der Waals surface area contributed by atoms with Crippen molar-refractivity contribution in [2.75, 3.05) is 51.2 Å². The third-order valence-electron chi connectivity index (χ3n) is 12.4. The first-order valence-corrected chi connectivity index (χ1v) is 28.5. The number of imidazole rings is 3. The Hall–Kier alpha value is -5.64. The normalized spacial score (nSPS) is 29.4. The highest BCUT2D eigenvalue weighted by Crippen LogP contribution is 2.68. The molecule has 3 saturated heterocycles. The van der Waals surface area contributed by atoms with Crippen LogP contribution < -0.4 is 43.1 Å². The molecule has 3 aliphatic rings. The van der Waals surface area contributed by atoms with Gasteiger partial charge in [-0.05, 0) is 0 Å². The van der Waals surface area contributed by atoms with Gasteiger partial charge >= 0.3 is 29.1 Å². The van der Waals surface area contributed by atoms with E-state index >= 15 is 0 Å². The molecule has 16 atom stereocenters. The predicted octanol–water partition coefficient (Wildman–Crippen LogP) is -4.95. The molecular formula is C35H48N16O24P4. The Morgan fingerprint density at radius 3 is 2.05 bits per heavy atom. The number of nitrogens with two attached hydrogens (primary N) is 3. The molecular weight excluding hydrogens is 1150 g/mol. The number of aromatic nitrogens is 12. The highest BCUT2D eigenvalue weighted by Gasteiger charge is 2.53. The van der Waals surface area contributed by atoms with E-state index in [1.165, 1.54) is 34.1 Å². The number of phosphoric acid groups is 4. The van der Waals surface area contributed by atoms with Gasteiger partial charge in [0.05, 0.1) is 45.6 Å². The van der Waals surface area contributed by atoms with E-state index in [2.05, 4.69) is 53.8 Å². The van der Waals surface area contributed by atoms with Crippen LogP contribution in [0.1, 0.15) is 25.1 Å². The Balaban J connectivity index is 0.876. The molecule has 4 unspecified atom stereocenters. The van der Waals surface area contributed by atoms with Gasteiger partial charge in [-0.15, -0.1) is 0 Å². The number of hydrogen-bond acceptors (Lipinski definition) is 30. The predicted molar refractivity (Wildman–Crippen MR) is 253 cm³/mol. The number of fused-ring (bicyclic) bond motifs is 3. The van der Waals surface area contributed by atoms with Gasteiger partial charge in [-0.2, -0.15) is 13.6 Å². The van der Waals surface area contributed by atoms with Crippen LogP contribution in [0.25, 0.3) is 33.5 Å². The van der Waals surface area contributed by atoms with E-state index < -0.39 is 148 Å². The Morgan fingerprint density at radius 2 is 1.38 bits per heavy atom.